The summed E-state index contributed by atoms with van der Waals surface area (Å²) >= 11 is 0. The molecule has 2 aromatic heterocycles. The van der Waals surface area contributed by atoms with Gasteiger partial charge in [0.1, 0.15) is 5.75 Å². The molecular weight excluding hydrogens is 592 g/mol. The van der Waals surface area contributed by atoms with Crippen LogP contribution in [0.5, 0.6) is 5.75 Å². The van der Waals surface area contributed by atoms with Gasteiger partial charge in [0.15, 0.2) is 11.5 Å². The van der Waals surface area contributed by atoms with Gasteiger partial charge in [0.05, 0.1) is 23.9 Å². The lowest BCUT2D eigenvalue weighted by Crippen LogP contribution is -2.44. The highest BCUT2D eigenvalue weighted by molar-refractivity contribution is 6.02. The average Bonchev–Trinajstić information content (AvgIpc) is 3.47. The number of hydrogen-bond donors (Lipinski definition) is 4. The van der Waals surface area contributed by atoms with Crippen molar-refractivity contribution >= 4 is 51.5 Å². The molecule has 3 aromatic carbocycles. The Morgan fingerprint density at radius 1 is 0.936 bits per heavy atom. The third kappa shape index (κ3) is 7.68. The number of benzene rings is 3. The average molecular weight is 633 g/mol. The van der Waals surface area contributed by atoms with Gasteiger partial charge in [0.25, 0.3) is 0 Å². The molecule has 1 aliphatic heterocycles. The van der Waals surface area contributed by atoms with Gasteiger partial charge in [-0.1, -0.05) is 36.4 Å². The van der Waals surface area contributed by atoms with E-state index in [2.05, 4.69) is 49.1 Å². The minimum Gasteiger partial charge on any atom is -0.495 e. The quantitative estimate of drug-likeness (QED) is 0.142. The highest BCUT2D eigenvalue weighted by Crippen LogP contribution is 2.36. The number of amides is 1. The van der Waals surface area contributed by atoms with Gasteiger partial charge >= 0.3 is 0 Å². The molecule has 0 radical (unpaired) electrons. The molecule has 0 saturated carbocycles. The van der Waals surface area contributed by atoms with Gasteiger partial charge in [-0.15, -0.1) is 0 Å². The molecule has 1 amide bonds. The van der Waals surface area contributed by atoms with E-state index in [1.165, 1.54) is 0 Å². The molecule has 0 unspecified atom stereocenters. The number of H-pyrrole nitrogens is 1. The highest BCUT2D eigenvalue weighted by atomic mass is 16.5. The molecular formula is C35H40N10O2. The van der Waals surface area contributed by atoms with E-state index in [9.17, 15) is 4.79 Å². The molecule has 242 valence electrons. The number of rotatable bonds is 11. The lowest BCUT2D eigenvalue weighted by molar-refractivity contribution is -0.111. The predicted molar refractivity (Wildman–Crippen MR) is 189 cm³/mol. The summed E-state index contributed by atoms with van der Waals surface area (Å²) in [6.07, 6.45) is 3.37. The number of ether oxygens (including phenoxy) is 1. The van der Waals surface area contributed by atoms with Crippen molar-refractivity contribution in [3.8, 4) is 17.0 Å². The van der Waals surface area contributed by atoms with Gasteiger partial charge in [-0.3, -0.25) is 9.89 Å². The number of carbonyl (C=O) groups excluding carboxylic acids is 1. The Morgan fingerprint density at radius 2 is 1.72 bits per heavy atom. The molecule has 5 aromatic rings. The topological polar surface area (TPSA) is 127 Å². The van der Waals surface area contributed by atoms with Gasteiger partial charge in [-0.25, -0.2) is 4.98 Å². The molecule has 0 bridgehead atoms. The van der Waals surface area contributed by atoms with E-state index >= 15 is 0 Å². The highest BCUT2D eigenvalue weighted by Gasteiger charge is 2.20. The Kier molecular flexibility index (Phi) is 9.60. The number of aromatic nitrogens is 4. The fraction of sp³-hybridized carbons (Fsp3) is 0.257. The van der Waals surface area contributed by atoms with Crippen LogP contribution in [0.4, 0.5) is 34.5 Å². The zero-order chi connectivity index (χ0) is 32.8. The Hall–Kier alpha value is -5.46. The van der Waals surface area contributed by atoms with Crippen LogP contribution in [0.3, 0.4) is 0 Å². The second-order valence-corrected chi connectivity index (χ2v) is 11.7. The number of hydrogen-bond acceptors (Lipinski definition) is 10. The summed E-state index contributed by atoms with van der Waals surface area (Å²) in [5.41, 5.74) is 5.39. The van der Waals surface area contributed by atoms with E-state index in [1.807, 2.05) is 91.8 Å². The summed E-state index contributed by atoms with van der Waals surface area (Å²) in [5, 5.41) is 18.2. The molecule has 1 fully saturated rings. The fourth-order valence-corrected chi connectivity index (χ4v) is 5.43. The first-order chi connectivity index (χ1) is 22.9. The van der Waals surface area contributed by atoms with E-state index < -0.39 is 0 Å². The van der Waals surface area contributed by atoms with E-state index in [-0.39, 0.29) is 5.91 Å². The van der Waals surface area contributed by atoms with Crippen LogP contribution in [-0.2, 0) is 4.79 Å². The number of nitrogens with zero attached hydrogens (tertiary/aromatic N) is 6. The Bertz CT molecular complexity index is 1860. The lowest BCUT2D eigenvalue weighted by Gasteiger charge is -2.34. The van der Waals surface area contributed by atoms with Crippen molar-refractivity contribution in [2.24, 2.45) is 0 Å². The maximum atomic E-state index is 12.6. The monoisotopic (exact) mass is 632 g/mol. The Balaban J connectivity index is 1.36. The zero-order valence-electron chi connectivity index (χ0n) is 27.1. The predicted octanol–water partition coefficient (Wildman–Crippen LogP) is 5.32. The maximum absolute atomic E-state index is 12.6. The largest absolute Gasteiger partial charge is 0.495 e. The van der Waals surface area contributed by atoms with E-state index in [4.69, 9.17) is 14.7 Å². The molecule has 6 rings (SSSR count). The number of likely N-dealkylation sites (N-methyl/N-ethyl adjacent to an activating group) is 2. The number of methoxy groups -OCH3 is 1. The van der Waals surface area contributed by atoms with Crippen LogP contribution in [0.1, 0.15) is 0 Å². The molecule has 1 aliphatic rings. The summed E-state index contributed by atoms with van der Waals surface area (Å²) < 4.78 is 5.72. The third-order valence-electron chi connectivity index (χ3n) is 7.88. The minimum absolute atomic E-state index is 0.204. The summed E-state index contributed by atoms with van der Waals surface area (Å²) in [4.78, 5) is 29.1. The number of piperazine rings is 1. The number of nitrogens with one attached hydrogen (secondary N) is 4. The third-order valence-corrected chi connectivity index (χ3v) is 7.88. The molecule has 12 nitrogen and oxygen atoms in total. The normalized spacial score (nSPS) is 13.8. The summed E-state index contributed by atoms with van der Waals surface area (Å²) in [7, 11) is 7.74. The second-order valence-electron chi connectivity index (χ2n) is 11.7. The van der Waals surface area contributed by atoms with Crippen molar-refractivity contribution in [3.63, 3.8) is 0 Å². The zero-order valence-corrected chi connectivity index (χ0v) is 27.1. The summed E-state index contributed by atoms with van der Waals surface area (Å²) in [6.45, 7) is 4.45. The molecule has 0 atom stereocenters. The van der Waals surface area contributed by atoms with Crippen LogP contribution >= 0.6 is 0 Å². The van der Waals surface area contributed by atoms with Crippen molar-refractivity contribution in [2.45, 2.75) is 0 Å². The van der Waals surface area contributed by atoms with Crippen molar-refractivity contribution in [1.29, 1.82) is 0 Å². The van der Waals surface area contributed by atoms with Gasteiger partial charge in [0.2, 0.25) is 11.9 Å². The van der Waals surface area contributed by atoms with Gasteiger partial charge in [-0.2, -0.15) is 10.1 Å². The van der Waals surface area contributed by atoms with Crippen molar-refractivity contribution in [1.82, 2.24) is 30.0 Å². The van der Waals surface area contributed by atoms with Gasteiger partial charge < -0.3 is 35.4 Å². The van der Waals surface area contributed by atoms with E-state index in [0.29, 0.717) is 35.3 Å². The number of aromatic amines is 1. The molecule has 1 saturated heterocycles. The SMILES string of the molecule is COc1ccc(Nc2nc(-c3cccc(NC(=O)/C=C/CN(C)C)c3)c3c(Nc4ccccc4)n[nH]c3n2)cc1N1CCN(C)CC1. The number of para-hydroxylation sites is 1. The van der Waals surface area contributed by atoms with Crippen LogP contribution in [0.15, 0.2) is 84.9 Å². The van der Waals surface area contributed by atoms with Crippen LogP contribution in [0.25, 0.3) is 22.3 Å². The summed E-state index contributed by atoms with van der Waals surface area (Å²) in [6, 6.07) is 23.4. The van der Waals surface area contributed by atoms with Crippen LogP contribution in [0.2, 0.25) is 0 Å². The first-order valence-corrected chi connectivity index (χ1v) is 15.6. The number of carbonyl (C=O) groups is 1. The first kappa shape index (κ1) is 31.5. The maximum Gasteiger partial charge on any atom is 0.248 e. The van der Waals surface area contributed by atoms with Crippen molar-refractivity contribution in [2.75, 3.05) is 81.8 Å². The van der Waals surface area contributed by atoms with Gasteiger partial charge in [-0.05, 0) is 63.6 Å². The van der Waals surface area contributed by atoms with E-state index in [1.54, 1.807) is 13.2 Å². The first-order valence-electron chi connectivity index (χ1n) is 15.6. The lowest BCUT2D eigenvalue weighted by atomic mass is 10.1. The van der Waals surface area contributed by atoms with E-state index in [0.717, 1.165) is 59.9 Å². The fourth-order valence-electron chi connectivity index (χ4n) is 5.43. The summed E-state index contributed by atoms with van der Waals surface area (Å²) in [5.74, 6) is 1.61. The smallest absolute Gasteiger partial charge is 0.248 e. The molecule has 0 spiro atoms. The minimum atomic E-state index is -0.204. The number of fused-ring (bicyclic) bond motifs is 1. The molecule has 47 heavy (non-hydrogen) atoms. The number of anilines is 6. The standard InChI is InChI=1S/C35H40N10O2/c1-43(2)17-9-14-30(46)36-26-13-8-10-24(22-26)32-31-33(37-25-11-6-5-7-12-25)41-42-34(31)40-35(39-32)38-27-15-16-29(47-4)28(23-27)45-20-18-44(3)19-21-45/h5-16,22-23H,17-21H2,1-4H3,(H,36,46)(H3,37,38,39,40,41,42)/b14-9+. The van der Waals surface area contributed by atoms with Gasteiger partial charge in [0, 0.05) is 61.4 Å². The molecule has 0 aliphatic carbocycles. The van der Waals surface area contributed by atoms with Crippen molar-refractivity contribution in [3.05, 3.63) is 84.9 Å². The Labute approximate surface area is 274 Å². The van der Waals surface area contributed by atoms with Crippen LogP contribution in [0, 0.1) is 0 Å². The molecule has 12 heteroatoms. The molecule has 3 heterocycles. The van der Waals surface area contributed by atoms with Crippen LogP contribution in [-0.4, -0.2) is 96.8 Å². The van der Waals surface area contributed by atoms with Crippen molar-refractivity contribution < 1.29 is 9.53 Å². The molecule has 4 N–H and O–H groups in total. The second kappa shape index (κ2) is 14.3. The van der Waals surface area contributed by atoms with Crippen LogP contribution < -0.4 is 25.6 Å². The Morgan fingerprint density at radius 3 is 2.49 bits per heavy atom.